The van der Waals surface area contributed by atoms with Crippen LogP contribution in [0.2, 0.25) is 0 Å². The fourth-order valence-corrected chi connectivity index (χ4v) is 1.86. The third kappa shape index (κ3) is 6.46. The van der Waals surface area contributed by atoms with Crippen molar-refractivity contribution in [2.45, 2.75) is 53.0 Å². The van der Waals surface area contributed by atoms with Gasteiger partial charge in [-0.1, -0.05) is 13.8 Å². The van der Waals surface area contributed by atoms with Crippen molar-refractivity contribution in [3.63, 3.8) is 0 Å². The number of Topliss-reactive ketones (excluding diaryl/α,β-unsaturated/α-hetero) is 1. The molecule has 0 fully saturated rings. The molecule has 1 aromatic heterocycles. The summed E-state index contributed by atoms with van der Waals surface area (Å²) in [4.78, 5) is 16.1. The van der Waals surface area contributed by atoms with Gasteiger partial charge in [0.05, 0.1) is 5.69 Å². The second kappa shape index (κ2) is 10.8. The van der Waals surface area contributed by atoms with Gasteiger partial charge in [0, 0.05) is 88.1 Å². The van der Waals surface area contributed by atoms with Crippen molar-refractivity contribution < 1.29 is 80.4 Å². The Morgan fingerprint density at radius 3 is 1.90 bits per heavy atom. The Morgan fingerprint density at radius 2 is 1.65 bits per heavy atom. The smallest absolute Gasteiger partial charge is 0.178 e. The first-order valence-corrected chi connectivity index (χ1v) is 5.43. The summed E-state index contributed by atoms with van der Waals surface area (Å²) >= 11 is 0. The molecule has 0 spiro atoms. The molecule has 0 saturated heterocycles. The van der Waals surface area contributed by atoms with Crippen molar-refractivity contribution >= 4 is 5.78 Å². The Hall–Kier alpha value is 1.09. The molecule has 0 aliphatic heterocycles. The van der Waals surface area contributed by atoms with E-state index in [1.165, 1.54) is 6.92 Å². The normalized spacial score (nSPS) is 11.0. The van der Waals surface area contributed by atoms with Crippen molar-refractivity contribution in [1.82, 2.24) is 9.55 Å². The van der Waals surface area contributed by atoms with E-state index in [0.717, 1.165) is 0 Å². The van der Waals surface area contributed by atoms with Crippen LogP contribution in [-0.4, -0.2) is 15.3 Å². The van der Waals surface area contributed by atoms with Crippen molar-refractivity contribution in [1.29, 1.82) is 0 Å². The molecule has 0 atom stereocenters. The van der Waals surface area contributed by atoms with Crippen molar-refractivity contribution in [2.75, 3.05) is 0 Å². The number of carbonyl (C=O) groups is 1. The van der Waals surface area contributed by atoms with Crippen molar-refractivity contribution in [2.24, 2.45) is 0 Å². The van der Waals surface area contributed by atoms with Gasteiger partial charge in [-0.25, -0.2) is 0 Å². The van der Waals surface area contributed by atoms with Crippen molar-refractivity contribution in [3.05, 3.63) is 24.1 Å². The molecule has 3 nitrogen and oxygen atoms in total. The average Bonchev–Trinajstić information content (AvgIpc) is 2.40. The van der Waals surface area contributed by atoms with Gasteiger partial charge in [0.25, 0.3) is 0 Å². The number of hydrogen-bond acceptors (Lipinski definition) is 2. The van der Waals surface area contributed by atoms with Crippen LogP contribution in [-0.2, 0) is 79.8 Å². The van der Waals surface area contributed by atoms with Crippen LogP contribution in [0.15, 0.2) is 0 Å². The summed E-state index contributed by atoms with van der Waals surface area (Å²) in [7, 11) is 0. The molecule has 0 saturated carbocycles. The summed E-state index contributed by atoms with van der Waals surface area (Å²) in [6.07, 6.45) is 0. The van der Waals surface area contributed by atoms with Crippen LogP contribution in [0.3, 0.4) is 0 Å². The summed E-state index contributed by atoms with van der Waals surface area (Å²) < 4.78 is 9.89. The van der Waals surface area contributed by atoms with Crippen LogP contribution >= 0.6 is 0 Å². The second-order valence-electron chi connectivity index (χ2n) is 5.29. The van der Waals surface area contributed by atoms with E-state index in [-0.39, 0.29) is 85.5 Å². The Labute approximate surface area is 171 Å². The van der Waals surface area contributed by atoms with Gasteiger partial charge < -0.3 is 11.5 Å². The Bertz CT molecular complexity index is 462. The van der Waals surface area contributed by atoms with E-state index in [9.17, 15) is 4.79 Å². The molecule has 1 aromatic rings. The van der Waals surface area contributed by atoms with E-state index in [1.807, 2.05) is 25.3 Å². The van der Waals surface area contributed by atoms with E-state index in [2.05, 4.69) is 11.9 Å². The van der Waals surface area contributed by atoms with Crippen LogP contribution in [0.1, 0.15) is 70.8 Å². The molecule has 110 valence electrons. The van der Waals surface area contributed by atoms with Gasteiger partial charge >= 0.3 is 0 Å². The molecule has 0 unspecified atom stereocenters. The topological polar surface area (TPSA) is 34.9 Å². The molecule has 1 rings (SSSR count). The molecule has 20 heavy (non-hydrogen) atoms. The Balaban J connectivity index is -0.000000361. The second-order valence-corrected chi connectivity index (χ2v) is 5.29. The molecule has 0 aliphatic carbocycles. The summed E-state index contributed by atoms with van der Waals surface area (Å²) in [5.41, 5.74) is 0.738. The molecule has 1 heterocycles. The zero-order chi connectivity index (χ0) is 13.6. The number of nitrogens with zero attached hydrogens (tertiary/aromatic N) is 2. The SMILES string of the molecule is [2H]C(C)(C)c1nc([CH2-])n(C(C)(C)C)c1C(C)=O.[V].[V].[V].[V]. The maximum atomic E-state index is 11.8. The van der Waals surface area contributed by atoms with Crippen LogP contribution in [0, 0.1) is 6.92 Å². The molecule has 0 aromatic carbocycles. The predicted molar refractivity (Wildman–Crippen MR) is 65.8 cm³/mol. The van der Waals surface area contributed by atoms with Crippen molar-refractivity contribution in [3.8, 4) is 0 Å². The van der Waals surface area contributed by atoms with Gasteiger partial charge in [0.2, 0.25) is 0 Å². The van der Waals surface area contributed by atoms with Gasteiger partial charge in [0.1, 0.15) is 5.69 Å². The number of hydrogen-bond donors (Lipinski definition) is 0. The van der Waals surface area contributed by atoms with Crippen LogP contribution < -0.4 is 0 Å². The average molecular weight is 426 g/mol. The maximum absolute atomic E-state index is 11.8. The van der Waals surface area contributed by atoms with Gasteiger partial charge in [0.15, 0.2) is 5.78 Å². The van der Waals surface area contributed by atoms with E-state index >= 15 is 0 Å². The minimum absolute atomic E-state index is 0. The van der Waals surface area contributed by atoms with Crippen LogP contribution in [0.5, 0.6) is 0 Å². The summed E-state index contributed by atoms with van der Waals surface area (Å²) in [6, 6.07) is 0. The molecule has 7 heteroatoms. The van der Waals surface area contributed by atoms with Gasteiger partial charge in [-0.05, 0) is 32.5 Å². The molecule has 0 N–H and O–H groups in total. The fraction of sp³-hybridized carbons (Fsp3) is 0.615. The van der Waals surface area contributed by atoms with E-state index < -0.39 is 5.89 Å². The van der Waals surface area contributed by atoms with E-state index in [0.29, 0.717) is 17.2 Å². The minimum atomic E-state index is -0.899. The molecular formula is C13H21N2OV4-. The van der Waals surface area contributed by atoms with Crippen LogP contribution in [0.25, 0.3) is 0 Å². The first-order chi connectivity index (χ1) is 7.46. The molecular weight excluding hydrogens is 404 g/mol. The number of aromatic nitrogens is 2. The minimum Gasteiger partial charge on any atom is -0.347 e. The zero-order valence-electron chi connectivity index (χ0n) is 13.8. The Kier molecular flexibility index (Phi) is 14.0. The molecule has 0 amide bonds. The van der Waals surface area contributed by atoms with Gasteiger partial charge in [-0.2, -0.15) is 0 Å². The monoisotopic (exact) mass is 426 g/mol. The first kappa shape index (κ1) is 26.0. The van der Waals surface area contributed by atoms with Gasteiger partial charge in [-0.3, -0.25) is 9.78 Å². The van der Waals surface area contributed by atoms with E-state index in [4.69, 9.17) is 1.37 Å². The Morgan fingerprint density at radius 1 is 1.25 bits per heavy atom. The maximum Gasteiger partial charge on any atom is 0.178 e. The zero-order valence-corrected chi connectivity index (χ0v) is 18.4. The van der Waals surface area contributed by atoms with Gasteiger partial charge in [-0.15, -0.1) is 0 Å². The molecule has 4 radical (unpaired) electrons. The standard InChI is InChI=1S/C13H21N2O.4V/c1-8(2)11-12(9(3)16)15(10(4)14-11)13(5,6)7;;;;/h8H,4H2,1-3,5-7H3;;;;/q-1;;;;/i8D;;;;. The molecule has 0 aliphatic rings. The fourth-order valence-electron chi connectivity index (χ4n) is 1.86. The quantitative estimate of drug-likeness (QED) is 0.539. The van der Waals surface area contributed by atoms with Crippen LogP contribution in [0.4, 0.5) is 0 Å². The number of carbonyl (C=O) groups excluding carboxylic acids is 1. The largest absolute Gasteiger partial charge is 0.347 e. The summed E-state index contributed by atoms with van der Waals surface area (Å²) in [6.45, 7) is 14.8. The summed E-state index contributed by atoms with van der Waals surface area (Å²) in [5.74, 6) is -0.431. The number of rotatable bonds is 2. The first-order valence-electron chi connectivity index (χ1n) is 5.93. The number of ketones is 1. The van der Waals surface area contributed by atoms with E-state index in [1.54, 1.807) is 13.8 Å². The molecule has 0 bridgehead atoms. The third-order valence-electron chi connectivity index (χ3n) is 2.42. The third-order valence-corrected chi connectivity index (χ3v) is 2.42. The number of imidazole rings is 1. The predicted octanol–water partition coefficient (Wildman–Crippen LogP) is 3.14. The summed E-state index contributed by atoms with van der Waals surface area (Å²) in [5, 5.41) is 0.